The summed E-state index contributed by atoms with van der Waals surface area (Å²) >= 11 is 5.60. The summed E-state index contributed by atoms with van der Waals surface area (Å²) in [6.07, 6.45) is 0. The van der Waals surface area contributed by atoms with E-state index >= 15 is 0 Å². The van der Waals surface area contributed by atoms with Crippen LogP contribution in [0.1, 0.15) is 17.2 Å². The maximum absolute atomic E-state index is 5.71. The van der Waals surface area contributed by atoms with Gasteiger partial charge in [0.25, 0.3) is 0 Å². The minimum atomic E-state index is -0.0303. The fourth-order valence-corrected chi connectivity index (χ4v) is 1.08. The zero-order valence-corrected chi connectivity index (χ0v) is 7.31. The Hall–Kier alpha value is -0.530. The van der Waals surface area contributed by atoms with Gasteiger partial charge in [0.15, 0.2) is 0 Å². The maximum Gasteiger partial charge on any atom is 0.0432 e. The van der Waals surface area contributed by atoms with E-state index in [-0.39, 0.29) is 6.04 Å². The quantitative estimate of drug-likeness (QED) is 0.676. The van der Waals surface area contributed by atoms with Crippen molar-refractivity contribution in [1.29, 1.82) is 0 Å². The van der Waals surface area contributed by atoms with Crippen LogP contribution >= 0.6 is 11.6 Å². The highest BCUT2D eigenvalue weighted by atomic mass is 35.5. The van der Waals surface area contributed by atoms with Crippen molar-refractivity contribution in [3.05, 3.63) is 35.4 Å². The van der Waals surface area contributed by atoms with E-state index in [1.54, 1.807) is 0 Å². The van der Waals surface area contributed by atoms with Gasteiger partial charge in [-0.15, -0.1) is 11.6 Å². The molecule has 0 aliphatic heterocycles. The molecule has 0 saturated carbocycles. The molecule has 0 saturated heterocycles. The van der Waals surface area contributed by atoms with Gasteiger partial charge in [0.1, 0.15) is 0 Å². The number of aryl methyl sites for hydroxylation is 1. The molecule has 0 aliphatic carbocycles. The second-order valence-electron chi connectivity index (χ2n) is 2.67. The van der Waals surface area contributed by atoms with Crippen LogP contribution in [0, 0.1) is 6.92 Å². The van der Waals surface area contributed by atoms with Crippen LogP contribution < -0.4 is 5.73 Å². The van der Waals surface area contributed by atoms with Crippen molar-refractivity contribution in [2.75, 3.05) is 5.88 Å². The number of alkyl halides is 1. The standard InChI is InChI=1S/C9H12ClN/c1-7-2-4-8(5-3-7)9(11)6-10/h2-5,9H,6,11H2,1H3/t9-/m1/s1. The number of rotatable bonds is 2. The second-order valence-corrected chi connectivity index (χ2v) is 2.98. The third-order valence-electron chi connectivity index (χ3n) is 1.67. The van der Waals surface area contributed by atoms with Gasteiger partial charge in [0.05, 0.1) is 0 Å². The normalized spacial score (nSPS) is 13.0. The lowest BCUT2D eigenvalue weighted by atomic mass is 10.1. The summed E-state index contributed by atoms with van der Waals surface area (Å²) in [5, 5.41) is 0. The molecule has 0 spiro atoms. The molecule has 1 atom stereocenters. The van der Waals surface area contributed by atoms with Gasteiger partial charge in [-0.1, -0.05) is 29.8 Å². The van der Waals surface area contributed by atoms with Crippen molar-refractivity contribution < 1.29 is 0 Å². The molecule has 1 aromatic carbocycles. The Kier molecular flexibility index (Phi) is 2.92. The fraction of sp³-hybridized carbons (Fsp3) is 0.333. The molecule has 1 rings (SSSR count). The van der Waals surface area contributed by atoms with Gasteiger partial charge in [-0.3, -0.25) is 0 Å². The molecular formula is C9H12ClN. The maximum atomic E-state index is 5.71. The van der Waals surface area contributed by atoms with Gasteiger partial charge >= 0.3 is 0 Å². The Labute approximate surface area is 72.2 Å². The zero-order valence-electron chi connectivity index (χ0n) is 6.55. The van der Waals surface area contributed by atoms with E-state index in [1.165, 1.54) is 5.56 Å². The Morgan fingerprint density at radius 1 is 1.36 bits per heavy atom. The van der Waals surface area contributed by atoms with Crippen molar-refractivity contribution >= 4 is 11.6 Å². The third kappa shape index (κ3) is 2.21. The minimum absolute atomic E-state index is 0.0303. The number of hydrogen-bond donors (Lipinski definition) is 1. The minimum Gasteiger partial charge on any atom is -0.323 e. The lowest BCUT2D eigenvalue weighted by Gasteiger charge is -2.07. The lowest BCUT2D eigenvalue weighted by Crippen LogP contribution is -2.11. The molecule has 0 bridgehead atoms. The summed E-state index contributed by atoms with van der Waals surface area (Å²) in [6, 6.07) is 8.09. The van der Waals surface area contributed by atoms with Gasteiger partial charge in [-0.25, -0.2) is 0 Å². The second kappa shape index (κ2) is 3.74. The van der Waals surface area contributed by atoms with Crippen LogP contribution in [0.25, 0.3) is 0 Å². The van der Waals surface area contributed by atoms with Crippen LogP contribution in [0.15, 0.2) is 24.3 Å². The first-order valence-corrected chi connectivity index (χ1v) is 4.15. The highest BCUT2D eigenvalue weighted by molar-refractivity contribution is 6.18. The van der Waals surface area contributed by atoms with Crippen molar-refractivity contribution in [3.63, 3.8) is 0 Å². The molecule has 0 heterocycles. The first-order chi connectivity index (χ1) is 5.24. The summed E-state index contributed by atoms with van der Waals surface area (Å²) in [4.78, 5) is 0. The lowest BCUT2D eigenvalue weighted by molar-refractivity contribution is 0.826. The van der Waals surface area contributed by atoms with Gasteiger partial charge in [-0.2, -0.15) is 0 Å². The largest absolute Gasteiger partial charge is 0.323 e. The van der Waals surface area contributed by atoms with Crippen molar-refractivity contribution in [2.24, 2.45) is 5.73 Å². The predicted molar refractivity (Wildman–Crippen MR) is 48.8 cm³/mol. The van der Waals surface area contributed by atoms with Crippen LogP contribution in [0.2, 0.25) is 0 Å². The number of benzene rings is 1. The first kappa shape index (κ1) is 8.57. The van der Waals surface area contributed by atoms with Gasteiger partial charge in [-0.05, 0) is 12.5 Å². The van der Waals surface area contributed by atoms with E-state index in [4.69, 9.17) is 17.3 Å². The molecule has 0 fully saturated rings. The summed E-state index contributed by atoms with van der Waals surface area (Å²) in [6.45, 7) is 2.05. The van der Waals surface area contributed by atoms with Crippen LogP contribution in [0.4, 0.5) is 0 Å². The highest BCUT2D eigenvalue weighted by Crippen LogP contribution is 2.11. The Balaban J connectivity index is 2.81. The molecule has 0 radical (unpaired) electrons. The van der Waals surface area contributed by atoms with Crippen molar-refractivity contribution in [1.82, 2.24) is 0 Å². The van der Waals surface area contributed by atoms with Gasteiger partial charge < -0.3 is 5.73 Å². The van der Waals surface area contributed by atoms with E-state index in [1.807, 2.05) is 24.3 Å². The van der Waals surface area contributed by atoms with Gasteiger partial charge in [0, 0.05) is 11.9 Å². The molecule has 0 aromatic heterocycles. The summed E-state index contributed by atoms with van der Waals surface area (Å²) < 4.78 is 0. The number of halogens is 1. The summed E-state index contributed by atoms with van der Waals surface area (Å²) in [5.74, 6) is 0.475. The molecule has 0 unspecified atom stereocenters. The third-order valence-corrected chi connectivity index (χ3v) is 2.00. The molecule has 0 amide bonds. The topological polar surface area (TPSA) is 26.0 Å². The van der Waals surface area contributed by atoms with Crippen molar-refractivity contribution in [2.45, 2.75) is 13.0 Å². The van der Waals surface area contributed by atoms with Gasteiger partial charge in [0.2, 0.25) is 0 Å². The Bertz CT molecular complexity index is 218. The molecule has 60 valence electrons. The first-order valence-electron chi connectivity index (χ1n) is 3.62. The van der Waals surface area contributed by atoms with Crippen molar-refractivity contribution in [3.8, 4) is 0 Å². The smallest absolute Gasteiger partial charge is 0.0432 e. The van der Waals surface area contributed by atoms with E-state index in [0.717, 1.165) is 5.56 Å². The molecule has 11 heavy (non-hydrogen) atoms. The van der Waals surface area contributed by atoms with Crippen LogP contribution in [0.5, 0.6) is 0 Å². The van der Waals surface area contributed by atoms with E-state index in [0.29, 0.717) is 5.88 Å². The zero-order chi connectivity index (χ0) is 8.27. The average molecular weight is 170 g/mol. The highest BCUT2D eigenvalue weighted by Gasteiger charge is 2.01. The summed E-state index contributed by atoms with van der Waals surface area (Å²) in [5.41, 5.74) is 8.06. The molecule has 1 nitrogen and oxygen atoms in total. The van der Waals surface area contributed by atoms with E-state index in [9.17, 15) is 0 Å². The Morgan fingerprint density at radius 3 is 2.36 bits per heavy atom. The average Bonchev–Trinajstić information content (AvgIpc) is 2.05. The number of hydrogen-bond acceptors (Lipinski definition) is 1. The Morgan fingerprint density at radius 2 is 1.91 bits per heavy atom. The van der Waals surface area contributed by atoms with E-state index < -0.39 is 0 Å². The monoisotopic (exact) mass is 169 g/mol. The predicted octanol–water partition coefficient (Wildman–Crippen LogP) is 2.23. The SMILES string of the molecule is Cc1ccc([C@H](N)CCl)cc1. The summed E-state index contributed by atoms with van der Waals surface area (Å²) in [7, 11) is 0. The molecular weight excluding hydrogens is 158 g/mol. The van der Waals surface area contributed by atoms with Crippen LogP contribution in [-0.2, 0) is 0 Å². The fourth-order valence-electron chi connectivity index (χ4n) is 0.903. The molecule has 2 heteroatoms. The van der Waals surface area contributed by atoms with Crippen LogP contribution in [0.3, 0.4) is 0 Å². The molecule has 0 aliphatic rings. The molecule has 2 N–H and O–H groups in total. The van der Waals surface area contributed by atoms with Crippen LogP contribution in [-0.4, -0.2) is 5.88 Å². The van der Waals surface area contributed by atoms with E-state index in [2.05, 4.69) is 6.92 Å². The number of nitrogens with two attached hydrogens (primary N) is 1. The molecule has 1 aromatic rings.